The summed E-state index contributed by atoms with van der Waals surface area (Å²) in [6.45, 7) is 5.82. The van der Waals surface area contributed by atoms with Crippen LogP contribution in [-0.4, -0.2) is 72.9 Å². The fourth-order valence-electron chi connectivity index (χ4n) is 5.48. The molecule has 2 aliphatic heterocycles. The number of carbonyl (C=O) groups is 2. The van der Waals surface area contributed by atoms with E-state index in [0.29, 0.717) is 25.6 Å². The van der Waals surface area contributed by atoms with Gasteiger partial charge in [0.2, 0.25) is 5.95 Å². The van der Waals surface area contributed by atoms with Crippen LogP contribution in [0.15, 0.2) is 55.5 Å². The van der Waals surface area contributed by atoms with Crippen LogP contribution in [0.4, 0.5) is 16.2 Å². The highest BCUT2D eigenvalue weighted by atomic mass is 19.1. The van der Waals surface area contributed by atoms with E-state index in [1.807, 2.05) is 30.3 Å². The molecule has 3 aromatic heterocycles. The van der Waals surface area contributed by atoms with E-state index in [2.05, 4.69) is 37.0 Å². The second-order valence-corrected chi connectivity index (χ2v) is 9.68. The zero-order chi connectivity index (χ0) is 26.4. The fourth-order valence-corrected chi connectivity index (χ4v) is 5.48. The molecule has 0 saturated carbocycles. The smallest absolute Gasteiger partial charge is 0.295 e. The first-order valence-electron chi connectivity index (χ1n) is 12.2. The molecule has 194 valence electrons. The Bertz CT molecular complexity index is 1550. The Morgan fingerprint density at radius 2 is 1.97 bits per heavy atom. The van der Waals surface area contributed by atoms with Crippen molar-refractivity contribution >= 4 is 34.4 Å². The van der Waals surface area contributed by atoms with E-state index in [0.717, 1.165) is 36.3 Å². The molecule has 38 heavy (non-hydrogen) atoms. The summed E-state index contributed by atoms with van der Waals surface area (Å²) in [4.78, 5) is 37.0. The number of aromatic amines is 1. The summed E-state index contributed by atoms with van der Waals surface area (Å²) in [7, 11) is 0. The third-order valence-corrected chi connectivity index (χ3v) is 7.42. The number of hydrogen-bond donors (Lipinski definition) is 2. The molecule has 5 heterocycles. The van der Waals surface area contributed by atoms with Gasteiger partial charge in [-0.1, -0.05) is 29.9 Å². The second kappa shape index (κ2) is 9.03. The largest absolute Gasteiger partial charge is 0.357 e. The van der Waals surface area contributed by atoms with Crippen LogP contribution in [0.3, 0.4) is 0 Å². The van der Waals surface area contributed by atoms with Gasteiger partial charge in [-0.2, -0.15) is 4.68 Å². The number of pyridine rings is 1. The van der Waals surface area contributed by atoms with Crippen molar-refractivity contribution in [1.29, 1.82) is 0 Å². The maximum absolute atomic E-state index is 14.7. The van der Waals surface area contributed by atoms with Crippen molar-refractivity contribution in [2.24, 2.45) is 11.3 Å². The molecular weight excluding hydrogens is 491 g/mol. The van der Waals surface area contributed by atoms with Crippen LogP contribution in [0.2, 0.25) is 0 Å². The van der Waals surface area contributed by atoms with Crippen molar-refractivity contribution in [3.63, 3.8) is 0 Å². The van der Waals surface area contributed by atoms with Gasteiger partial charge in [0, 0.05) is 44.0 Å². The Morgan fingerprint density at radius 3 is 2.76 bits per heavy atom. The monoisotopic (exact) mass is 516 g/mol. The number of aromatic nitrogens is 6. The van der Waals surface area contributed by atoms with Gasteiger partial charge < -0.3 is 14.8 Å². The molecule has 2 fully saturated rings. The summed E-state index contributed by atoms with van der Waals surface area (Å²) >= 11 is 0. The minimum atomic E-state index is -0.783. The Labute approximate surface area is 216 Å². The number of halogens is 1. The number of anilines is 2. The van der Waals surface area contributed by atoms with Gasteiger partial charge in [0.1, 0.15) is 0 Å². The summed E-state index contributed by atoms with van der Waals surface area (Å²) in [6.07, 6.45) is 5.17. The standard InChI is InChI=1S/C25H25FN10O2/c1-2-35(27)22-20-19(18(26)13-29-22)17(12-28-20)21(37)23(38)33-10-8-25(14-33)9-11-34(15-25)24-30-31-32-36(24)16-6-4-3-5-7-16/h2-7,12-13,28H,1,8-11,14-15,27H2. The van der Waals surface area contributed by atoms with Crippen LogP contribution in [0, 0.1) is 11.2 Å². The van der Waals surface area contributed by atoms with Gasteiger partial charge in [-0.05, 0) is 35.4 Å². The van der Waals surface area contributed by atoms with Crippen molar-refractivity contribution in [2.75, 3.05) is 36.1 Å². The van der Waals surface area contributed by atoms with Gasteiger partial charge in [-0.3, -0.25) is 14.6 Å². The lowest BCUT2D eigenvalue weighted by Gasteiger charge is -2.24. The number of hydrazine groups is 1. The average molecular weight is 517 g/mol. The van der Waals surface area contributed by atoms with E-state index in [9.17, 15) is 14.0 Å². The van der Waals surface area contributed by atoms with Gasteiger partial charge in [0.15, 0.2) is 11.6 Å². The number of tetrazole rings is 1. The highest BCUT2D eigenvalue weighted by Crippen LogP contribution is 2.41. The van der Waals surface area contributed by atoms with Crippen molar-refractivity contribution < 1.29 is 14.0 Å². The maximum atomic E-state index is 14.7. The van der Waals surface area contributed by atoms with Crippen molar-refractivity contribution in [3.8, 4) is 5.69 Å². The molecule has 2 aliphatic rings. The molecule has 3 N–H and O–H groups in total. The molecule has 0 bridgehead atoms. The number of rotatable bonds is 6. The Hall–Kier alpha value is -4.65. The summed E-state index contributed by atoms with van der Waals surface area (Å²) < 4.78 is 16.4. The number of likely N-dealkylation sites (tertiary alicyclic amines) is 1. The number of benzene rings is 1. The number of hydrogen-bond acceptors (Lipinski definition) is 9. The minimum absolute atomic E-state index is 0.0284. The Morgan fingerprint density at radius 1 is 1.18 bits per heavy atom. The van der Waals surface area contributed by atoms with E-state index in [1.54, 1.807) is 9.58 Å². The third-order valence-electron chi connectivity index (χ3n) is 7.42. The highest BCUT2D eigenvalue weighted by Gasteiger charge is 2.47. The zero-order valence-electron chi connectivity index (χ0n) is 20.4. The molecule has 0 aliphatic carbocycles. The first-order valence-corrected chi connectivity index (χ1v) is 12.2. The number of nitrogens with one attached hydrogen (secondary N) is 1. The number of H-pyrrole nitrogens is 1. The molecule has 1 atom stereocenters. The number of Topliss-reactive ketones (excluding diaryl/α,β-unsaturated/α-hetero) is 1. The van der Waals surface area contributed by atoms with Crippen molar-refractivity contribution in [1.82, 2.24) is 35.1 Å². The maximum Gasteiger partial charge on any atom is 0.295 e. The van der Waals surface area contributed by atoms with E-state index in [1.165, 1.54) is 12.4 Å². The number of fused-ring (bicyclic) bond motifs is 1. The Balaban J connectivity index is 1.20. The SMILES string of the molecule is C=CN(N)c1ncc(F)c2c(C(=O)C(=O)N3CCC4(CCN(c5nnnn5-c5ccccc5)C4)C3)c[nH]c12. The van der Waals surface area contributed by atoms with Crippen LogP contribution >= 0.6 is 0 Å². The Kier molecular flexibility index (Phi) is 5.64. The lowest BCUT2D eigenvalue weighted by atomic mass is 9.86. The molecule has 0 radical (unpaired) electrons. The number of ketones is 1. The van der Waals surface area contributed by atoms with E-state index in [-0.39, 0.29) is 27.7 Å². The highest BCUT2D eigenvalue weighted by molar-refractivity contribution is 6.45. The second-order valence-electron chi connectivity index (χ2n) is 9.68. The summed E-state index contributed by atoms with van der Waals surface area (Å²) in [5, 5.41) is 13.3. The van der Waals surface area contributed by atoms with Gasteiger partial charge in [-0.25, -0.2) is 15.2 Å². The molecule has 1 spiro atoms. The van der Waals surface area contributed by atoms with Crippen molar-refractivity contribution in [3.05, 3.63) is 66.9 Å². The summed E-state index contributed by atoms with van der Waals surface area (Å²) in [5.74, 6) is 4.50. The molecule has 4 aromatic rings. The number of nitrogens with two attached hydrogens (primary N) is 1. The topological polar surface area (TPSA) is 142 Å². The fraction of sp³-hybridized carbons (Fsp3) is 0.280. The molecule has 12 nitrogen and oxygen atoms in total. The third kappa shape index (κ3) is 3.78. The van der Waals surface area contributed by atoms with Crippen LogP contribution < -0.4 is 15.8 Å². The van der Waals surface area contributed by atoms with Gasteiger partial charge >= 0.3 is 0 Å². The average Bonchev–Trinajstić information content (AvgIpc) is 3.75. The van der Waals surface area contributed by atoms with Crippen molar-refractivity contribution in [2.45, 2.75) is 12.8 Å². The number of amides is 1. The molecule has 1 unspecified atom stereocenters. The first-order chi connectivity index (χ1) is 18.4. The first kappa shape index (κ1) is 23.7. The number of nitrogens with zero attached hydrogens (tertiary/aromatic N) is 8. The van der Waals surface area contributed by atoms with E-state index in [4.69, 9.17) is 5.84 Å². The minimum Gasteiger partial charge on any atom is -0.357 e. The van der Waals surface area contributed by atoms with Gasteiger partial charge in [-0.15, -0.1) is 0 Å². The lowest BCUT2D eigenvalue weighted by Crippen LogP contribution is -2.38. The summed E-state index contributed by atoms with van der Waals surface area (Å²) in [6, 6.07) is 9.64. The number of para-hydroxylation sites is 1. The number of carbonyl (C=O) groups excluding carboxylic acids is 2. The van der Waals surface area contributed by atoms with Crippen LogP contribution in [0.25, 0.3) is 16.6 Å². The molecule has 1 amide bonds. The van der Waals surface area contributed by atoms with Crippen LogP contribution in [-0.2, 0) is 4.79 Å². The molecule has 1 aromatic carbocycles. The molecule has 13 heteroatoms. The molecular formula is C25H25FN10O2. The predicted molar refractivity (Wildman–Crippen MR) is 137 cm³/mol. The zero-order valence-corrected chi connectivity index (χ0v) is 20.4. The predicted octanol–water partition coefficient (Wildman–Crippen LogP) is 1.81. The molecule has 6 rings (SSSR count). The van der Waals surface area contributed by atoms with Gasteiger partial charge in [0.25, 0.3) is 11.7 Å². The van der Waals surface area contributed by atoms with E-state index < -0.39 is 17.5 Å². The van der Waals surface area contributed by atoms with Crippen LogP contribution in [0.5, 0.6) is 0 Å². The lowest BCUT2D eigenvalue weighted by molar-refractivity contribution is -0.125. The summed E-state index contributed by atoms with van der Waals surface area (Å²) in [5.41, 5.74) is 0.830. The normalized spacial score (nSPS) is 19.0. The van der Waals surface area contributed by atoms with E-state index >= 15 is 0 Å². The van der Waals surface area contributed by atoms with Gasteiger partial charge in [0.05, 0.1) is 28.4 Å². The quantitative estimate of drug-likeness (QED) is 0.170. The molecule has 2 saturated heterocycles. The van der Waals surface area contributed by atoms with Crippen LogP contribution in [0.1, 0.15) is 23.2 Å².